The second-order valence-corrected chi connectivity index (χ2v) is 3.32. The van der Waals surface area contributed by atoms with Gasteiger partial charge in [-0.15, -0.1) is 0 Å². The minimum Gasteiger partial charge on any atom is -0.361 e. The lowest BCUT2D eigenvalue weighted by Gasteiger charge is -2.03. The van der Waals surface area contributed by atoms with E-state index in [4.69, 9.17) is 0 Å². The molecule has 0 saturated heterocycles. The molecule has 0 amide bonds. The van der Waals surface area contributed by atoms with Gasteiger partial charge in [-0.3, -0.25) is 0 Å². The standard InChI is InChI=1S/C13H19N/c1-4-11(5-2)10-12(6-3)13-8-7-9-14-13/h4,7-10,14H,5-6H2,1-3H3. The summed E-state index contributed by atoms with van der Waals surface area (Å²) < 4.78 is 0. The number of nitrogens with one attached hydrogen (secondary N) is 1. The van der Waals surface area contributed by atoms with E-state index in [1.807, 2.05) is 12.3 Å². The average Bonchev–Trinajstić information content (AvgIpc) is 2.73. The van der Waals surface area contributed by atoms with Crippen LogP contribution in [0.25, 0.3) is 5.57 Å². The van der Waals surface area contributed by atoms with Crippen molar-refractivity contribution in [2.45, 2.75) is 33.6 Å². The van der Waals surface area contributed by atoms with E-state index in [2.05, 4.69) is 44.0 Å². The quantitative estimate of drug-likeness (QED) is 0.684. The maximum absolute atomic E-state index is 3.25. The van der Waals surface area contributed by atoms with E-state index in [-0.39, 0.29) is 0 Å². The van der Waals surface area contributed by atoms with Crippen LogP contribution in [0.2, 0.25) is 0 Å². The topological polar surface area (TPSA) is 15.8 Å². The van der Waals surface area contributed by atoms with E-state index in [1.165, 1.54) is 16.8 Å². The van der Waals surface area contributed by atoms with Crippen molar-refractivity contribution in [3.05, 3.63) is 41.7 Å². The van der Waals surface area contributed by atoms with Crippen molar-refractivity contribution in [1.29, 1.82) is 0 Å². The van der Waals surface area contributed by atoms with E-state index < -0.39 is 0 Å². The highest BCUT2D eigenvalue weighted by Crippen LogP contribution is 2.19. The summed E-state index contributed by atoms with van der Waals surface area (Å²) in [5, 5.41) is 0. The highest BCUT2D eigenvalue weighted by Gasteiger charge is 1.99. The lowest BCUT2D eigenvalue weighted by Crippen LogP contribution is -1.84. The zero-order valence-electron chi connectivity index (χ0n) is 9.30. The molecule has 0 fully saturated rings. The normalized spacial score (nSPS) is 13.4. The summed E-state index contributed by atoms with van der Waals surface area (Å²) in [6.07, 6.45) is 8.60. The number of aromatic nitrogens is 1. The van der Waals surface area contributed by atoms with Gasteiger partial charge in [-0.2, -0.15) is 0 Å². The Morgan fingerprint density at radius 3 is 2.57 bits per heavy atom. The smallest absolute Gasteiger partial charge is 0.0412 e. The Balaban J connectivity index is 2.92. The number of aromatic amines is 1. The highest BCUT2D eigenvalue weighted by molar-refractivity contribution is 5.65. The van der Waals surface area contributed by atoms with Gasteiger partial charge in [0, 0.05) is 11.9 Å². The number of hydrogen-bond acceptors (Lipinski definition) is 0. The minimum absolute atomic E-state index is 1.07. The van der Waals surface area contributed by atoms with Gasteiger partial charge in [0.15, 0.2) is 0 Å². The predicted molar refractivity (Wildman–Crippen MR) is 63.1 cm³/mol. The van der Waals surface area contributed by atoms with Crippen LogP contribution in [0, 0.1) is 0 Å². The molecule has 0 aliphatic heterocycles. The largest absolute Gasteiger partial charge is 0.361 e. The maximum atomic E-state index is 3.25. The van der Waals surface area contributed by atoms with Crippen LogP contribution in [-0.4, -0.2) is 4.98 Å². The van der Waals surface area contributed by atoms with Crippen LogP contribution in [-0.2, 0) is 0 Å². The zero-order valence-corrected chi connectivity index (χ0v) is 9.30. The molecule has 14 heavy (non-hydrogen) atoms. The van der Waals surface area contributed by atoms with Gasteiger partial charge in [-0.25, -0.2) is 0 Å². The first-order chi connectivity index (χ1) is 6.81. The Labute approximate surface area is 86.5 Å². The van der Waals surface area contributed by atoms with E-state index in [1.54, 1.807) is 0 Å². The minimum atomic E-state index is 1.07. The summed E-state index contributed by atoms with van der Waals surface area (Å²) in [5.74, 6) is 0. The van der Waals surface area contributed by atoms with Crippen LogP contribution in [0.4, 0.5) is 0 Å². The Kier molecular flexibility index (Phi) is 4.24. The molecule has 0 radical (unpaired) electrons. The van der Waals surface area contributed by atoms with Crippen LogP contribution in [0.15, 0.2) is 36.1 Å². The first-order valence-electron chi connectivity index (χ1n) is 5.31. The second-order valence-electron chi connectivity index (χ2n) is 3.32. The van der Waals surface area contributed by atoms with Gasteiger partial charge in [0.25, 0.3) is 0 Å². The molecule has 1 aromatic heterocycles. The lowest BCUT2D eigenvalue weighted by molar-refractivity contribution is 1.12. The van der Waals surface area contributed by atoms with Crippen molar-refractivity contribution in [3.63, 3.8) is 0 Å². The second kappa shape index (κ2) is 5.48. The Morgan fingerprint density at radius 2 is 2.14 bits per heavy atom. The summed E-state index contributed by atoms with van der Waals surface area (Å²) in [7, 11) is 0. The van der Waals surface area contributed by atoms with Crippen LogP contribution >= 0.6 is 0 Å². The fraction of sp³-hybridized carbons (Fsp3) is 0.385. The lowest BCUT2D eigenvalue weighted by atomic mass is 10.0. The zero-order chi connectivity index (χ0) is 10.4. The summed E-state index contributed by atoms with van der Waals surface area (Å²) in [6.45, 7) is 6.47. The fourth-order valence-electron chi connectivity index (χ4n) is 1.51. The first kappa shape index (κ1) is 10.8. The molecule has 0 bridgehead atoms. The van der Waals surface area contributed by atoms with Crippen LogP contribution < -0.4 is 0 Å². The molecule has 1 aromatic rings. The van der Waals surface area contributed by atoms with Gasteiger partial charge >= 0.3 is 0 Å². The molecule has 1 rings (SSSR count). The molecule has 0 aliphatic rings. The van der Waals surface area contributed by atoms with Crippen molar-refractivity contribution < 1.29 is 0 Å². The average molecular weight is 189 g/mol. The molecule has 0 saturated carbocycles. The Bertz CT molecular complexity index is 315. The van der Waals surface area contributed by atoms with Crippen LogP contribution in [0.5, 0.6) is 0 Å². The summed E-state index contributed by atoms with van der Waals surface area (Å²) >= 11 is 0. The number of H-pyrrole nitrogens is 1. The molecular formula is C13H19N. The SMILES string of the molecule is CC=C(C=C(CC)c1ccc[nH]1)CC. The number of hydrogen-bond donors (Lipinski definition) is 1. The van der Waals surface area contributed by atoms with Gasteiger partial charge in [-0.05, 0) is 37.5 Å². The predicted octanol–water partition coefficient (Wildman–Crippen LogP) is 4.16. The van der Waals surface area contributed by atoms with Crippen LogP contribution in [0.1, 0.15) is 39.3 Å². The summed E-state index contributed by atoms with van der Waals surface area (Å²) in [6, 6.07) is 4.17. The van der Waals surface area contributed by atoms with E-state index >= 15 is 0 Å². The Morgan fingerprint density at radius 1 is 1.36 bits per heavy atom. The fourth-order valence-corrected chi connectivity index (χ4v) is 1.51. The summed E-state index contributed by atoms with van der Waals surface area (Å²) in [4.78, 5) is 3.25. The third-order valence-corrected chi connectivity index (χ3v) is 2.46. The van der Waals surface area contributed by atoms with Gasteiger partial charge in [-0.1, -0.05) is 31.6 Å². The monoisotopic (exact) mass is 189 g/mol. The van der Waals surface area contributed by atoms with Crippen LogP contribution in [0.3, 0.4) is 0 Å². The van der Waals surface area contributed by atoms with Crippen molar-refractivity contribution in [3.8, 4) is 0 Å². The van der Waals surface area contributed by atoms with Crippen molar-refractivity contribution in [2.24, 2.45) is 0 Å². The molecule has 0 aromatic carbocycles. The Hall–Kier alpha value is -1.24. The molecule has 0 unspecified atom stereocenters. The van der Waals surface area contributed by atoms with Crippen molar-refractivity contribution in [1.82, 2.24) is 4.98 Å². The number of rotatable bonds is 4. The molecule has 0 spiro atoms. The third-order valence-electron chi connectivity index (χ3n) is 2.46. The molecule has 1 N–H and O–H groups in total. The van der Waals surface area contributed by atoms with E-state index in [0.717, 1.165) is 12.8 Å². The summed E-state index contributed by atoms with van der Waals surface area (Å²) in [5.41, 5.74) is 4.02. The van der Waals surface area contributed by atoms with E-state index in [0.29, 0.717) is 0 Å². The third kappa shape index (κ3) is 2.63. The molecule has 0 atom stereocenters. The van der Waals surface area contributed by atoms with Gasteiger partial charge < -0.3 is 4.98 Å². The molecule has 1 nitrogen and oxygen atoms in total. The van der Waals surface area contributed by atoms with Gasteiger partial charge in [0.05, 0.1) is 0 Å². The molecule has 0 aliphatic carbocycles. The molecule has 1 heterocycles. The number of allylic oxidation sites excluding steroid dienone is 4. The first-order valence-corrected chi connectivity index (χ1v) is 5.31. The van der Waals surface area contributed by atoms with E-state index in [9.17, 15) is 0 Å². The van der Waals surface area contributed by atoms with Gasteiger partial charge in [0.2, 0.25) is 0 Å². The van der Waals surface area contributed by atoms with Crippen molar-refractivity contribution in [2.75, 3.05) is 0 Å². The molecular weight excluding hydrogens is 170 g/mol. The molecule has 76 valence electrons. The highest BCUT2D eigenvalue weighted by atomic mass is 14.7. The maximum Gasteiger partial charge on any atom is 0.0412 e. The molecule has 1 heteroatoms. The van der Waals surface area contributed by atoms with Crippen molar-refractivity contribution >= 4 is 5.57 Å². The van der Waals surface area contributed by atoms with Gasteiger partial charge in [0.1, 0.15) is 0 Å².